The summed E-state index contributed by atoms with van der Waals surface area (Å²) in [5.74, 6) is 0.180. The Balaban J connectivity index is 2.03. The van der Waals surface area contributed by atoms with E-state index in [4.69, 9.17) is 9.88 Å². The Morgan fingerprint density at radius 3 is 2.50 bits per heavy atom. The summed E-state index contributed by atoms with van der Waals surface area (Å²) in [5, 5.41) is 7.69. The highest BCUT2D eigenvalue weighted by molar-refractivity contribution is 7.89. The van der Waals surface area contributed by atoms with Gasteiger partial charge in [-0.25, -0.2) is 13.6 Å². The molecule has 0 fully saturated rings. The maximum Gasteiger partial charge on any atom is 0.262 e. The number of amides is 1. The van der Waals surface area contributed by atoms with Crippen LogP contribution in [0.5, 0.6) is 5.75 Å². The number of aryl methyl sites for hydroxylation is 1. The molecular formula is C15H16N2O4S. The average Bonchev–Trinajstić information content (AvgIpc) is 2.47. The second-order valence-electron chi connectivity index (χ2n) is 4.68. The van der Waals surface area contributed by atoms with Crippen LogP contribution in [0.2, 0.25) is 0 Å². The van der Waals surface area contributed by atoms with E-state index >= 15 is 0 Å². The van der Waals surface area contributed by atoms with Crippen LogP contribution in [0.25, 0.3) is 0 Å². The molecule has 116 valence electrons. The quantitative estimate of drug-likeness (QED) is 0.875. The van der Waals surface area contributed by atoms with E-state index in [1.165, 1.54) is 6.07 Å². The van der Waals surface area contributed by atoms with Crippen LogP contribution >= 0.6 is 0 Å². The van der Waals surface area contributed by atoms with Crippen molar-refractivity contribution in [1.82, 2.24) is 0 Å². The highest BCUT2D eigenvalue weighted by Gasteiger charge is 2.13. The van der Waals surface area contributed by atoms with Crippen molar-refractivity contribution in [2.24, 2.45) is 5.14 Å². The molecule has 0 radical (unpaired) electrons. The normalized spacial score (nSPS) is 11.0. The number of hydrogen-bond acceptors (Lipinski definition) is 4. The van der Waals surface area contributed by atoms with Gasteiger partial charge in [0.2, 0.25) is 10.0 Å². The summed E-state index contributed by atoms with van der Waals surface area (Å²) in [7, 11) is -3.83. The Labute approximate surface area is 129 Å². The topological polar surface area (TPSA) is 98.5 Å². The smallest absolute Gasteiger partial charge is 0.262 e. The van der Waals surface area contributed by atoms with Crippen LogP contribution in [0, 0.1) is 6.92 Å². The number of nitrogens with one attached hydrogen (secondary N) is 1. The monoisotopic (exact) mass is 320 g/mol. The summed E-state index contributed by atoms with van der Waals surface area (Å²) >= 11 is 0. The molecule has 1 amide bonds. The fourth-order valence-corrected chi connectivity index (χ4v) is 2.66. The zero-order chi connectivity index (χ0) is 16.2. The van der Waals surface area contributed by atoms with Crippen LogP contribution in [-0.4, -0.2) is 20.9 Å². The van der Waals surface area contributed by atoms with Crippen LogP contribution < -0.4 is 15.2 Å². The maximum atomic E-state index is 11.8. The van der Waals surface area contributed by atoms with E-state index in [9.17, 15) is 13.2 Å². The van der Waals surface area contributed by atoms with Crippen molar-refractivity contribution in [2.75, 3.05) is 11.9 Å². The molecular weight excluding hydrogens is 304 g/mol. The van der Waals surface area contributed by atoms with E-state index in [1.54, 1.807) is 43.3 Å². The maximum absolute atomic E-state index is 11.8. The summed E-state index contributed by atoms with van der Waals surface area (Å²) in [6, 6.07) is 13.4. The third-order valence-electron chi connectivity index (χ3n) is 2.89. The van der Waals surface area contributed by atoms with Gasteiger partial charge in [-0.1, -0.05) is 24.3 Å². The predicted molar refractivity (Wildman–Crippen MR) is 83.1 cm³/mol. The number of sulfonamides is 1. The van der Waals surface area contributed by atoms with Crippen molar-refractivity contribution in [3.8, 4) is 5.75 Å². The number of anilines is 1. The molecule has 22 heavy (non-hydrogen) atoms. The van der Waals surface area contributed by atoms with Gasteiger partial charge >= 0.3 is 0 Å². The van der Waals surface area contributed by atoms with Gasteiger partial charge in [-0.15, -0.1) is 0 Å². The molecule has 0 aromatic heterocycles. The lowest BCUT2D eigenvalue weighted by Crippen LogP contribution is -2.21. The molecule has 0 saturated heterocycles. The molecule has 0 aliphatic heterocycles. The van der Waals surface area contributed by atoms with Gasteiger partial charge in [-0.3, -0.25) is 4.79 Å². The summed E-state index contributed by atoms with van der Waals surface area (Å²) < 4.78 is 28.2. The van der Waals surface area contributed by atoms with Crippen molar-refractivity contribution in [1.29, 1.82) is 0 Å². The second kappa shape index (κ2) is 6.59. The van der Waals surface area contributed by atoms with Crippen molar-refractivity contribution in [3.63, 3.8) is 0 Å². The highest BCUT2D eigenvalue weighted by atomic mass is 32.2. The first-order valence-corrected chi connectivity index (χ1v) is 8.02. The third-order valence-corrected chi connectivity index (χ3v) is 3.94. The van der Waals surface area contributed by atoms with E-state index in [-0.39, 0.29) is 11.5 Å². The van der Waals surface area contributed by atoms with Crippen LogP contribution in [0.4, 0.5) is 5.69 Å². The first-order chi connectivity index (χ1) is 10.4. The summed E-state index contributed by atoms with van der Waals surface area (Å²) in [6.07, 6.45) is 0. The molecule has 0 saturated carbocycles. The van der Waals surface area contributed by atoms with E-state index in [0.717, 1.165) is 0 Å². The Morgan fingerprint density at radius 2 is 1.86 bits per heavy atom. The molecule has 6 nitrogen and oxygen atoms in total. The number of primary sulfonamides is 1. The standard InChI is InChI=1S/C15H16N2O4S/c1-11-7-8-12(9-14(11)22(16,19)20)17-15(18)10-21-13-5-3-2-4-6-13/h2-9H,10H2,1H3,(H,17,18)(H2,16,19,20). The number of hydrogen-bond donors (Lipinski definition) is 2. The third kappa shape index (κ3) is 4.31. The van der Waals surface area contributed by atoms with Crippen LogP contribution in [0.1, 0.15) is 5.56 Å². The number of carbonyl (C=O) groups excluding carboxylic acids is 1. The fourth-order valence-electron chi connectivity index (χ4n) is 1.85. The molecule has 0 heterocycles. The van der Waals surface area contributed by atoms with E-state index < -0.39 is 15.9 Å². The van der Waals surface area contributed by atoms with Crippen molar-refractivity contribution < 1.29 is 17.9 Å². The molecule has 7 heteroatoms. The van der Waals surface area contributed by atoms with Crippen LogP contribution in [-0.2, 0) is 14.8 Å². The molecule has 0 atom stereocenters. The molecule has 2 aromatic carbocycles. The molecule has 0 aliphatic rings. The molecule has 3 N–H and O–H groups in total. The predicted octanol–water partition coefficient (Wildman–Crippen LogP) is 1.66. The van der Waals surface area contributed by atoms with E-state index in [0.29, 0.717) is 17.0 Å². The molecule has 2 aromatic rings. The number of carbonyl (C=O) groups is 1. The lowest BCUT2D eigenvalue weighted by Gasteiger charge is -2.10. The van der Waals surface area contributed by atoms with Gasteiger partial charge in [0.1, 0.15) is 5.75 Å². The Bertz CT molecular complexity index is 773. The first-order valence-electron chi connectivity index (χ1n) is 6.47. The van der Waals surface area contributed by atoms with Crippen molar-refractivity contribution >= 4 is 21.6 Å². The second-order valence-corrected chi connectivity index (χ2v) is 6.21. The van der Waals surface area contributed by atoms with Gasteiger partial charge in [-0.05, 0) is 36.8 Å². The number of ether oxygens (including phenoxy) is 1. The highest BCUT2D eigenvalue weighted by Crippen LogP contribution is 2.19. The van der Waals surface area contributed by atoms with Gasteiger partial charge in [-0.2, -0.15) is 0 Å². The van der Waals surface area contributed by atoms with Gasteiger partial charge in [0.25, 0.3) is 5.91 Å². The lowest BCUT2D eigenvalue weighted by atomic mass is 10.2. The van der Waals surface area contributed by atoms with Gasteiger partial charge < -0.3 is 10.1 Å². The minimum Gasteiger partial charge on any atom is -0.484 e. The zero-order valence-corrected chi connectivity index (χ0v) is 12.8. The number of benzene rings is 2. The van der Waals surface area contributed by atoms with Gasteiger partial charge in [0.05, 0.1) is 4.90 Å². The average molecular weight is 320 g/mol. The van der Waals surface area contributed by atoms with Gasteiger partial charge in [0, 0.05) is 5.69 Å². The van der Waals surface area contributed by atoms with Gasteiger partial charge in [0.15, 0.2) is 6.61 Å². The largest absolute Gasteiger partial charge is 0.484 e. The van der Waals surface area contributed by atoms with E-state index in [1.807, 2.05) is 6.07 Å². The fraction of sp³-hybridized carbons (Fsp3) is 0.133. The minimum absolute atomic E-state index is 0.0192. The van der Waals surface area contributed by atoms with E-state index in [2.05, 4.69) is 5.32 Å². The molecule has 0 unspecified atom stereocenters. The number of rotatable bonds is 5. The Hall–Kier alpha value is -2.38. The summed E-state index contributed by atoms with van der Waals surface area (Å²) in [4.78, 5) is 11.8. The lowest BCUT2D eigenvalue weighted by molar-refractivity contribution is -0.118. The van der Waals surface area contributed by atoms with Crippen molar-refractivity contribution in [2.45, 2.75) is 11.8 Å². The van der Waals surface area contributed by atoms with Crippen LogP contribution in [0.3, 0.4) is 0 Å². The van der Waals surface area contributed by atoms with Crippen molar-refractivity contribution in [3.05, 3.63) is 54.1 Å². The minimum atomic E-state index is -3.83. The molecule has 2 rings (SSSR count). The number of nitrogens with two attached hydrogens (primary N) is 1. The summed E-state index contributed by atoms with van der Waals surface area (Å²) in [5.41, 5.74) is 0.859. The molecule has 0 aliphatic carbocycles. The SMILES string of the molecule is Cc1ccc(NC(=O)COc2ccccc2)cc1S(N)(=O)=O. The number of para-hydroxylation sites is 1. The summed E-state index contributed by atoms with van der Waals surface area (Å²) in [6.45, 7) is 1.45. The molecule has 0 bridgehead atoms. The molecule has 0 spiro atoms. The Morgan fingerprint density at radius 1 is 1.18 bits per heavy atom. The van der Waals surface area contributed by atoms with Crippen LogP contribution in [0.15, 0.2) is 53.4 Å². The first kappa shape index (κ1) is 16.0. The Kier molecular flexibility index (Phi) is 4.79. The zero-order valence-electron chi connectivity index (χ0n) is 11.9.